The van der Waals surface area contributed by atoms with Gasteiger partial charge in [0.05, 0.1) is 6.10 Å². The van der Waals surface area contributed by atoms with E-state index in [0.29, 0.717) is 5.56 Å². The van der Waals surface area contributed by atoms with Crippen molar-refractivity contribution in [1.82, 2.24) is 0 Å². The van der Waals surface area contributed by atoms with Crippen molar-refractivity contribution in [2.45, 2.75) is 45.1 Å². The van der Waals surface area contributed by atoms with Gasteiger partial charge < -0.3 is 5.11 Å². The van der Waals surface area contributed by atoms with Gasteiger partial charge >= 0.3 is 0 Å². The van der Waals surface area contributed by atoms with Crippen molar-refractivity contribution in [3.8, 4) is 0 Å². The zero-order chi connectivity index (χ0) is 11.3. The third-order valence-electron chi connectivity index (χ3n) is 2.79. The molecule has 0 aliphatic heterocycles. The largest absolute Gasteiger partial charge is 0.392 e. The van der Waals surface area contributed by atoms with Crippen molar-refractivity contribution in [2.24, 2.45) is 0 Å². The summed E-state index contributed by atoms with van der Waals surface area (Å²) >= 11 is 0. The lowest BCUT2D eigenvalue weighted by molar-refractivity contribution is 0.128. The molecule has 0 saturated heterocycles. The number of halogens is 1. The minimum Gasteiger partial charge on any atom is -0.392 e. The molecule has 2 unspecified atom stereocenters. The summed E-state index contributed by atoms with van der Waals surface area (Å²) in [6.45, 7) is 4.01. The molecule has 84 valence electrons. The van der Waals surface area contributed by atoms with Crippen molar-refractivity contribution in [3.63, 3.8) is 0 Å². The summed E-state index contributed by atoms with van der Waals surface area (Å²) in [5.74, 6) is -0.286. The normalized spacial score (nSPS) is 14.9. The molecule has 0 heterocycles. The van der Waals surface area contributed by atoms with Crippen molar-refractivity contribution < 1.29 is 9.50 Å². The second-order valence-electron chi connectivity index (χ2n) is 3.89. The van der Waals surface area contributed by atoms with E-state index in [2.05, 4.69) is 0 Å². The van der Waals surface area contributed by atoms with Gasteiger partial charge in [-0.2, -0.15) is 0 Å². The highest BCUT2D eigenvalue weighted by Crippen LogP contribution is 2.27. The van der Waals surface area contributed by atoms with Gasteiger partial charge in [-0.15, -0.1) is 0 Å². The molecule has 15 heavy (non-hydrogen) atoms. The Balaban J connectivity index is 2.87. The summed E-state index contributed by atoms with van der Waals surface area (Å²) in [7, 11) is 0. The van der Waals surface area contributed by atoms with Gasteiger partial charge in [-0.05, 0) is 24.5 Å². The molecule has 1 aromatic rings. The average Bonchev–Trinajstić information content (AvgIpc) is 2.22. The second-order valence-corrected chi connectivity index (χ2v) is 3.89. The Morgan fingerprint density at radius 2 is 1.93 bits per heavy atom. The molecule has 1 N–H and O–H groups in total. The minimum atomic E-state index is -0.433. The summed E-state index contributed by atoms with van der Waals surface area (Å²) < 4.78 is 13.5. The molecule has 0 saturated carbocycles. The van der Waals surface area contributed by atoms with Crippen LogP contribution in [0.3, 0.4) is 0 Å². The first kappa shape index (κ1) is 12.2. The average molecular weight is 210 g/mol. The molecular weight excluding hydrogens is 191 g/mol. The summed E-state index contributed by atoms with van der Waals surface area (Å²) in [4.78, 5) is 0. The Morgan fingerprint density at radius 1 is 1.27 bits per heavy atom. The van der Waals surface area contributed by atoms with Gasteiger partial charge in [0.1, 0.15) is 5.82 Å². The highest BCUT2D eigenvalue weighted by atomic mass is 19.1. The van der Waals surface area contributed by atoms with Crippen LogP contribution >= 0.6 is 0 Å². The number of benzene rings is 1. The van der Waals surface area contributed by atoms with Crippen LogP contribution in [0.1, 0.15) is 44.6 Å². The molecule has 1 rings (SSSR count). The Bertz CT molecular complexity index is 298. The van der Waals surface area contributed by atoms with Gasteiger partial charge in [0.25, 0.3) is 0 Å². The monoisotopic (exact) mass is 210 g/mol. The molecule has 0 fully saturated rings. The van der Waals surface area contributed by atoms with Crippen LogP contribution < -0.4 is 0 Å². The van der Waals surface area contributed by atoms with E-state index < -0.39 is 6.10 Å². The van der Waals surface area contributed by atoms with Gasteiger partial charge in [0.15, 0.2) is 0 Å². The Morgan fingerprint density at radius 3 is 2.47 bits per heavy atom. The summed E-state index contributed by atoms with van der Waals surface area (Å²) in [6, 6.07) is 6.72. The quantitative estimate of drug-likeness (QED) is 0.788. The lowest BCUT2D eigenvalue weighted by atomic mass is 9.88. The Kier molecular flexibility index (Phi) is 4.76. The van der Waals surface area contributed by atoms with E-state index >= 15 is 0 Å². The van der Waals surface area contributed by atoms with Crippen molar-refractivity contribution in [3.05, 3.63) is 35.6 Å². The van der Waals surface area contributed by atoms with Crippen molar-refractivity contribution in [1.29, 1.82) is 0 Å². The smallest absolute Gasteiger partial charge is 0.126 e. The molecule has 0 amide bonds. The van der Waals surface area contributed by atoms with Crippen molar-refractivity contribution >= 4 is 0 Å². The SMILES string of the molecule is CCCC(O)C(CC)c1ccccc1F. The first-order valence-corrected chi connectivity index (χ1v) is 5.63. The lowest BCUT2D eigenvalue weighted by Gasteiger charge is -2.22. The molecule has 1 aromatic carbocycles. The predicted molar refractivity (Wildman–Crippen MR) is 60.3 cm³/mol. The lowest BCUT2D eigenvalue weighted by Crippen LogP contribution is -2.18. The standard InChI is InChI=1S/C13H19FO/c1-3-7-13(15)10(4-2)11-8-5-6-9-12(11)14/h5-6,8-10,13,15H,3-4,7H2,1-2H3. The van der Waals surface area contributed by atoms with Crippen LogP contribution in [0.5, 0.6) is 0 Å². The first-order chi connectivity index (χ1) is 7.20. The molecule has 2 atom stereocenters. The van der Waals surface area contributed by atoms with Crippen LogP contribution in [0, 0.1) is 5.82 Å². The summed E-state index contributed by atoms with van der Waals surface area (Å²) in [6.07, 6.45) is 1.98. The van der Waals surface area contributed by atoms with Gasteiger partial charge in [0.2, 0.25) is 0 Å². The minimum absolute atomic E-state index is 0.0776. The number of aliphatic hydroxyl groups excluding tert-OH is 1. The highest BCUT2D eigenvalue weighted by molar-refractivity contribution is 5.22. The van der Waals surface area contributed by atoms with Crippen LogP contribution in [0.4, 0.5) is 4.39 Å². The topological polar surface area (TPSA) is 20.2 Å². The Labute approximate surface area is 90.9 Å². The molecular formula is C13H19FO. The predicted octanol–water partition coefficient (Wildman–Crippen LogP) is 3.48. The maximum atomic E-state index is 13.5. The van der Waals surface area contributed by atoms with Gasteiger partial charge in [-0.1, -0.05) is 38.5 Å². The molecule has 0 aliphatic rings. The first-order valence-electron chi connectivity index (χ1n) is 5.63. The number of rotatable bonds is 5. The number of hydrogen-bond donors (Lipinski definition) is 1. The molecule has 0 spiro atoms. The third kappa shape index (κ3) is 3.03. The molecule has 0 bridgehead atoms. The third-order valence-corrected chi connectivity index (χ3v) is 2.79. The second kappa shape index (κ2) is 5.86. The van der Waals surface area contributed by atoms with E-state index in [1.165, 1.54) is 6.07 Å². The van der Waals surface area contributed by atoms with Gasteiger partial charge in [0, 0.05) is 5.92 Å². The van der Waals surface area contributed by atoms with Crippen LogP contribution in [0.25, 0.3) is 0 Å². The van der Waals surface area contributed by atoms with Crippen LogP contribution in [-0.2, 0) is 0 Å². The van der Waals surface area contributed by atoms with E-state index in [-0.39, 0.29) is 11.7 Å². The highest BCUT2D eigenvalue weighted by Gasteiger charge is 2.20. The van der Waals surface area contributed by atoms with E-state index in [4.69, 9.17) is 0 Å². The molecule has 0 radical (unpaired) electrons. The fourth-order valence-corrected chi connectivity index (χ4v) is 1.97. The van der Waals surface area contributed by atoms with Crippen molar-refractivity contribution in [2.75, 3.05) is 0 Å². The van der Waals surface area contributed by atoms with E-state index in [1.807, 2.05) is 19.9 Å². The van der Waals surface area contributed by atoms with Crippen LogP contribution in [-0.4, -0.2) is 11.2 Å². The zero-order valence-corrected chi connectivity index (χ0v) is 9.41. The molecule has 0 aromatic heterocycles. The summed E-state index contributed by atoms with van der Waals surface area (Å²) in [5, 5.41) is 9.92. The maximum absolute atomic E-state index is 13.5. The maximum Gasteiger partial charge on any atom is 0.126 e. The van der Waals surface area contributed by atoms with Crippen LogP contribution in [0.2, 0.25) is 0 Å². The fourth-order valence-electron chi connectivity index (χ4n) is 1.97. The van der Waals surface area contributed by atoms with E-state index in [0.717, 1.165) is 19.3 Å². The zero-order valence-electron chi connectivity index (χ0n) is 9.41. The van der Waals surface area contributed by atoms with E-state index in [9.17, 15) is 9.50 Å². The van der Waals surface area contributed by atoms with Crippen LogP contribution in [0.15, 0.2) is 24.3 Å². The fraction of sp³-hybridized carbons (Fsp3) is 0.538. The number of hydrogen-bond acceptors (Lipinski definition) is 1. The van der Waals surface area contributed by atoms with E-state index in [1.54, 1.807) is 12.1 Å². The molecule has 1 nitrogen and oxygen atoms in total. The molecule has 0 aliphatic carbocycles. The summed E-state index contributed by atoms with van der Waals surface area (Å²) in [5.41, 5.74) is 0.640. The number of aliphatic hydroxyl groups is 1. The molecule has 2 heteroatoms. The van der Waals surface area contributed by atoms with Gasteiger partial charge in [-0.25, -0.2) is 4.39 Å². The Hall–Kier alpha value is -0.890. The van der Waals surface area contributed by atoms with Gasteiger partial charge in [-0.3, -0.25) is 0 Å².